The van der Waals surface area contributed by atoms with Gasteiger partial charge < -0.3 is 4.74 Å². The normalized spacial score (nSPS) is 14.3. The fraction of sp³-hybridized carbons (Fsp3) is 0.172. The second kappa shape index (κ2) is 16.6. The van der Waals surface area contributed by atoms with E-state index >= 15 is 0 Å². The number of hydrogen-bond acceptors (Lipinski definition) is 2. The Labute approximate surface area is 392 Å². The van der Waals surface area contributed by atoms with Crippen LogP contribution in [0.5, 0.6) is 11.5 Å². The summed E-state index contributed by atoms with van der Waals surface area (Å²) >= 11 is 0. The quantitative estimate of drug-likeness (QED) is 0.0738. The van der Waals surface area contributed by atoms with Gasteiger partial charge in [-0.2, -0.15) is 0 Å². The number of fused-ring (bicyclic) bond motifs is 4. The van der Waals surface area contributed by atoms with Gasteiger partial charge in [-0.1, -0.05) is 186 Å². The molecule has 3 heterocycles. The molecule has 3 aromatic heterocycles. The Balaban J connectivity index is 1.21. The maximum absolute atomic E-state index is 9.19. The third kappa shape index (κ3) is 7.22. The van der Waals surface area contributed by atoms with Gasteiger partial charge in [-0.05, 0) is 81.8 Å². The summed E-state index contributed by atoms with van der Waals surface area (Å²) in [6, 6.07) is 35.3. The summed E-state index contributed by atoms with van der Waals surface area (Å²) in [7, 11) is -2.08. The zero-order chi connectivity index (χ0) is 52.7. The second-order valence-electron chi connectivity index (χ2n) is 17.3. The third-order valence-corrected chi connectivity index (χ3v) is 18.5. The predicted octanol–water partition coefficient (Wildman–Crippen LogP) is 14.3. The minimum atomic E-state index is -2.08. The highest BCUT2D eigenvalue weighted by Gasteiger charge is 2.30. The Morgan fingerprint density at radius 2 is 1.30 bits per heavy atom. The van der Waals surface area contributed by atoms with E-state index in [1.165, 1.54) is 5.19 Å². The predicted molar refractivity (Wildman–Crippen MR) is 269 cm³/mol. The molecule has 0 fully saturated rings. The maximum atomic E-state index is 9.19. The van der Waals surface area contributed by atoms with Gasteiger partial charge in [0, 0.05) is 23.0 Å². The Hall–Kier alpha value is -7.02. The van der Waals surface area contributed by atoms with E-state index in [1.54, 1.807) is 22.8 Å². The molecule has 0 unspecified atom stereocenters. The number of benzene rings is 7. The van der Waals surface area contributed by atoms with Gasteiger partial charge >= 0.3 is 0 Å². The van der Waals surface area contributed by atoms with Crippen LogP contribution in [-0.4, -0.2) is 22.2 Å². The van der Waals surface area contributed by atoms with Crippen LogP contribution in [0.2, 0.25) is 18.1 Å². The minimum Gasteiger partial charge on any atom is -0.458 e. The summed E-state index contributed by atoms with van der Waals surface area (Å²) in [6.45, 7) is 13.2. The first kappa shape index (κ1) is 30.9. The van der Waals surface area contributed by atoms with Crippen LogP contribution in [0.4, 0.5) is 0 Å². The zero-order valence-corrected chi connectivity index (χ0v) is 37.9. The molecule has 0 atom stereocenters. The van der Waals surface area contributed by atoms with Crippen molar-refractivity contribution in [1.29, 1.82) is 0 Å². The molecule has 0 spiro atoms. The molecule has 316 valence electrons. The van der Waals surface area contributed by atoms with Gasteiger partial charge in [0.1, 0.15) is 17.3 Å². The molecule has 0 aliphatic carbocycles. The van der Waals surface area contributed by atoms with Gasteiger partial charge in [-0.15, -0.1) is 0 Å². The van der Waals surface area contributed by atoms with Crippen LogP contribution in [0, 0.1) is 6.33 Å². The number of aromatic nitrogens is 4. The Bertz CT molecular complexity index is 3760. The van der Waals surface area contributed by atoms with E-state index in [4.69, 9.17) is 17.9 Å². The lowest BCUT2D eigenvalue weighted by atomic mass is 9.88. The van der Waals surface area contributed by atoms with E-state index < -0.39 is 68.5 Å². The highest BCUT2D eigenvalue weighted by molar-refractivity contribution is 6.91. The van der Waals surface area contributed by atoms with Crippen molar-refractivity contribution in [3.8, 4) is 50.9 Å². The first-order valence-electron chi connectivity index (χ1n) is 26.9. The van der Waals surface area contributed by atoms with Gasteiger partial charge in [0.2, 0.25) is 0 Å². The highest BCUT2D eigenvalue weighted by atomic mass is 28.3. The molecule has 0 aliphatic heterocycles. The number of para-hydroxylation sites is 2. The number of ether oxygens (including phenoxy) is 1. The summed E-state index contributed by atoms with van der Waals surface area (Å²) in [6.07, 6.45) is 5.44. The summed E-state index contributed by atoms with van der Waals surface area (Å²) in [5.41, 5.74) is 5.41. The van der Waals surface area contributed by atoms with Gasteiger partial charge in [0.15, 0.2) is 0 Å². The molecule has 0 saturated carbocycles. The number of pyridine rings is 1. The van der Waals surface area contributed by atoms with Crippen LogP contribution in [0.25, 0.3) is 72.3 Å². The van der Waals surface area contributed by atoms with E-state index in [0.29, 0.717) is 28.2 Å². The first-order chi connectivity index (χ1) is 35.3. The molecule has 7 aromatic carbocycles. The molecule has 10 aromatic rings. The van der Waals surface area contributed by atoms with E-state index in [0.717, 1.165) is 51.3 Å². The molecular weight excluding hydrogens is 797 g/mol. The van der Waals surface area contributed by atoms with E-state index in [9.17, 15) is 5.48 Å². The number of hydrogen-bond donors (Lipinski definition) is 0. The van der Waals surface area contributed by atoms with Crippen molar-refractivity contribution in [1.82, 2.24) is 14.1 Å². The maximum Gasteiger partial charge on any atom is 0.269 e. The van der Waals surface area contributed by atoms with Crippen molar-refractivity contribution in [3.05, 3.63) is 194 Å². The van der Waals surface area contributed by atoms with Crippen LogP contribution in [0.15, 0.2) is 182 Å². The van der Waals surface area contributed by atoms with Gasteiger partial charge in [0.25, 0.3) is 6.33 Å². The largest absolute Gasteiger partial charge is 0.458 e. The average Bonchev–Trinajstić information content (AvgIpc) is 3.95. The lowest BCUT2D eigenvalue weighted by molar-refractivity contribution is -0.571. The first-order valence-corrected chi connectivity index (χ1v) is 24.5. The fourth-order valence-electron chi connectivity index (χ4n) is 9.21. The van der Waals surface area contributed by atoms with Crippen molar-refractivity contribution in [2.75, 3.05) is 0 Å². The van der Waals surface area contributed by atoms with Crippen LogP contribution >= 0.6 is 0 Å². The molecule has 6 heteroatoms. The molecular formula is C58H54N4OSi. The fourth-order valence-corrected chi connectivity index (χ4v) is 12.8. The summed E-state index contributed by atoms with van der Waals surface area (Å²) in [5.74, 6) is 1.93. The van der Waals surface area contributed by atoms with Crippen LogP contribution < -0.4 is 14.5 Å². The molecule has 0 amide bonds. The molecule has 0 radical (unpaired) electrons. The van der Waals surface area contributed by atoms with Crippen molar-refractivity contribution in [2.45, 2.75) is 65.1 Å². The molecule has 0 bridgehead atoms. The SMILES string of the molecule is [2H]c1c([2H])c([2H])c(-c2cccc(-c3c([2H])c([2H])c([2H])c([2H])c3[2H])c2-[n+]2[c-]n(-c3cccc(Oc4ccc5c6ccccc6n(-c6cc(C(C)(C)C)ccn6)c5c4)c3)c3ccc([Si](CC)(CC)CC)cc32)c([2H])c1[2H]. The summed E-state index contributed by atoms with van der Waals surface area (Å²) in [4.78, 5) is 4.85. The minimum absolute atomic E-state index is 0.0903. The van der Waals surface area contributed by atoms with Crippen molar-refractivity contribution in [3.63, 3.8) is 0 Å². The van der Waals surface area contributed by atoms with Gasteiger partial charge in [-0.3, -0.25) is 13.7 Å². The number of imidazole rings is 1. The molecule has 0 saturated heterocycles. The lowest BCUT2D eigenvalue weighted by Gasteiger charge is -2.29. The summed E-state index contributed by atoms with van der Waals surface area (Å²) < 4.78 is 101. The number of nitrogens with zero attached hydrogens (tertiary/aromatic N) is 4. The van der Waals surface area contributed by atoms with E-state index in [-0.39, 0.29) is 33.4 Å². The Morgan fingerprint density at radius 1 is 0.641 bits per heavy atom. The highest BCUT2D eigenvalue weighted by Crippen LogP contribution is 2.38. The Morgan fingerprint density at radius 3 is 1.98 bits per heavy atom. The van der Waals surface area contributed by atoms with Crippen LogP contribution in [0.1, 0.15) is 60.8 Å². The van der Waals surface area contributed by atoms with Crippen molar-refractivity contribution >= 4 is 46.1 Å². The van der Waals surface area contributed by atoms with Crippen molar-refractivity contribution < 1.29 is 23.0 Å². The second-order valence-corrected chi connectivity index (χ2v) is 22.6. The molecule has 5 nitrogen and oxygen atoms in total. The van der Waals surface area contributed by atoms with Gasteiger partial charge in [0.05, 0.1) is 55.2 Å². The smallest absolute Gasteiger partial charge is 0.269 e. The molecule has 64 heavy (non-hydrogen) atoms. The average molecular weight is 861 g/mol. The zero-order valence-electron chi connectivity index (χ0n) is 46.9. The van der Waals surface area contributed by atoms with E-state index in [1.807, 2.05) is 59.3 Å². The Kier molecular flexibility index (Phi) is 8.02. The van der Waals surface area contributed by atoms with Crippen LogP contribution in [-0.2, 0) is 5.41 Å². The topological polar surface area (TPSA) is 35.9 Å². The van der Waals surface area contributed by atoms with Gasteiger partial charge in [-0.25, -0.2) is 4.98 Å². The molecule has 0 aliphatic rings. The molecule has 10 rings (SSSR count). The lowest BCUT2D eigenvalue weighted by Crippen LogP contribution is -2.46. The van der Waals surface area contributed by atoms with E-state index in [2.05, 4.69) is 101 Å². The van der Waals surface area contributed by atoms with Crippen LogP contribution in [0.3, 0.4) is 0 Å². The number of rotatable bonds is 11. The third-order valence-electron chi connectivity index (χ3n) is 12.9. The monoisotopic (exact) mass is 860 g/mol. The van der Waals surface area contributed by atoms with Crippen molar-refractivity contribution in [2.24, 2.45) is 0 Å². The summed E-state index contributed by atoms with van der Waals surface area (Å²) in [5, 5.41) is 3.33. The molecule has 0 N–H and O–H groups in total. The standard InChI is InChI=1S/C58H54N4OSi/c1-7-64(8-2,9-3)47-31-33-53-55(39-47)61(57-48(41-20-12-10-13-21-41)27-19-28-49(57)42-22-14-11-15-23-42)40-60(53)44-24-18-25-45(37-44)63-46-30-32-51-50-26-16-17-29-52(50)62(54(51)38-46)56-36-43(34-35-59-56)58(4,5)6/h10-39H,7-9H2,1-6H3/i10D,11D,12D,13D,14D,15D,20D,21D,22D,23D.